The minimum absolute atomic E-state index is 0.0327. The van der Waals surface area contributed by atoms with Gasteiger partial charge in [0.15, 0.2) is 0 Å². The van der Waals surface area contributed by atoms with Crippen LogP contribution >= 0.6 is 0 Å². The summed E-state index contributed by atoms with van der Waals surface area (Å²) in [6.45, 7) is 0.559. The maximum absolute atomic E-state index is 11.1. The second-order valence-corrected chi connectivity index (χ2v) is 7.61. The topological polar surface area (TPSA) is 52.6 Å². The van der Waals surface area contributed by atoms with Gasteiger partial charge in [0, 0.05) is 0 Å². The fourth-order valence-corrected chi connectivity index (χ4v) is 2.85. The lowest BCUT2D eigenvalue weighted by Crippen LogP contribution is -2.02. The van der Waals surface area contributed by atoms with E-state index in [1.54, 1.807) is 0 Å². The molecule has 0 unspecified atom stereocenters. The van der Waals surface area contributed by atoms with Gasteiger partial charge in [0.2, 0.25) is 0 Å². The van der Waals surface area contributed by atoms with Gasteiger partial charge in [-0.25, -0.2) is 0 Å². The van der Waals surface area contributed by atoms with Gasteiger partial charge in [-0.3, -0.25) is 4.18 Å². The van der Waals surface area contributed by atoms with E-state index in [0.717, 1.165) is 34.3 Å². The van der Waals surface area contributed by atoms with Crippen molar-refractivity contribution in [3.8, 4) is 16.9 Å². The summed E-state index contributed by atoms with van der Waals surface area (Å²) in [6.07, 6.45) is 1.05. The van der Waals surface area contributed by atoms with E-state index >= 15 is 0 Å². The lowest BCUT2D eigenvalue weighted by atomic mass is 10.0. The average Bonchev–Trinajstić information content (AvgIpc) is 2.66. The van der Waals surface area contributed by atoms with E-state index < -0.39 is 10.1 Å². The quantitative estimate of drug-likeness (QED) is 0.580. The molecule has 134 valence electrons. The molecule has 3 aromatic rings. The van der Waals surface area contributed by atoms with Gasteiger partial charge in [-0.1, -0.05) is 60.7 Å². The second-order valence-electron chi connectivity index (χ2n) is 5.97. The predicted molar refractivity (Wildman–Crippen MR) is 102 cm³/mol. The Morgan fingerprint density at radius 3 is 2.12 bits per heavy atom. The molecule has 0 aliphatic heterocycles. The molecular formula is C21H20O4S. The summed E-state index contributed by atoms with van der Waals surface area (Å²) < 4.78 is 32.9. The Kier molecular flexibility index (Phi) is 5.71. The van der Waals surface area contributed by atoms with E-state index in [1.807, 2.05) is 78.9 Å². The number of benzene rings is 3. The highest BCUT2D eigenvalue weighted by atomic mass is 32.2. The highest BCUT2D eigenvalue weighted by molar-refractivity contribution is 7.85. The molecule has 0 radical (unpaired) electrons. The van der Waals surface area contributed by atoms with E-state index in [1.165, 1.54) is 0 Å². The van der Waals surface area contributed by atoms with Crippen molar-refractivity contribution < 1.29 is 17.3 Å². The summed E-state index contributed by atoms with van der Waals surface area (Å²) >= 11 is 0. The van der Waals surface area contributed by atoms with Crippen LogP contribution in [0.2, 0.25) is 0 Å². The maximum Gasteiger partial charge on any atom is 0.264 e. The van der Waals surface area contributed by atoms with Crippen molar-refractivity contribution in [3.05, 3.63) is 90.0 Å². The minimum atomic E-state index is -3.45. The van der Waals surface area contributed by atoms with Gasteiger partial charge in [0.25, 0.3) is 10.1 Å². The minimum Gasteiger partial charge on any atom is -0.489 e. The summed E-state index contributed by atoms with van der Waals surface area (Å²) in [7, 11) is -3.45. The van der Waals surface area contributed by atoms with Gasteiger partial charge in [-0.05, 0) is 40.5 Å². The van der Waals surface area contributed by atoms with Crippen molar-refractivity contribution in [3.63, 3.8) is 0 Å². The Hall–Kier alpha value is -2.63. The van der Waals surface area contributed by atoms with Gasteiger partial charge in [0.05, 0.1) is 12.9 Å². The van der Waals surface area contributed by atoms with E-state index in [4.69, 9.17) is 8.92 Å². The largest absolute Gasteiger partial charge is 0.489 e. The van der Waals surface area contributed by atoms with Gasteiger partial charge in [-0.15, -0.1) is 0 Å². The molecule has 0 aliphatic rings. The average molecular weight is 368 g/mol. The van der Waals surface area contributed by atoms with Crippen LogP contribution in [0.5, 0.6) is 5.75 Å². The summed E-state index contributed by atoms with van der Waals surface area (Å²) in [4.78, 5) is 0. The van der Waals surface area contributed by atoms with Crippen LogP contribution in [0.25, 0.3) is 11.1 Å². The molecule has 0 aromatic heterocycles. The normalized spacial score (nSPS) is 11.3. The molecular weight excluding hydrogens is 348 g/mol. The van der Waals surface area contributed by atoms with Crippen molar-refractivity contribution in [2.24, 2.45) is 0 Å². The van der Waals surface area contributed by atoms with Crippen LogP contribution in [-0.4, -0.2) is 14.7 Å². The van der Waals surface area contributed by atoms with Crippen molar-refractivity contribution >= 4 is 10.1 Å². The molecule has 0 bridgehead atoms. The van der Waals surface area contributed by atoms with Gasteiger partial charge < -0.3 is 4.74 Å². The monoisotopic (exact) mass is 368 g/mol. The van der Waals surface area contributed by atoms with Crippen LogP contribution in [0.15, 0.2) is 78.9 Å². The molecule has 0 aliphatic carbocycles. The molecule has 0 saturated heterocycles. The van der Waals surface area contributed by atoms with Gasteiger partial charge >= 0.3 is 0 Å². The Labute approximate surface area is 154 Å². The lowest BCUT2D eigenvalue weighted by Gasteiger charge is -2.09. The molecule has 3 aromatic carbocycles. The number of hydrogen-bond acceptors (Lipinski definition) is 4. The Bertz CT molecular complexity index is 949. The van der Waals surface area contributed by atoms with Gasteiger partial charge in [0.1, 0.15) is 12.4 Å². The van der Waals surface area contributed by atoms with Crippen LogP contribution in [0.1, 0.15) is 11.1 Å². The van der Waals surface area contributed by atoms with Crippen molar-refractivity contribution in [1.29, 1.82) is 0 Å². The van der Waals surface area contributed by atoms with Crippen LogP contribution in [0, 0.1) is 0 Å². The van der Waals surface area contributed by atoms with Crippen molar-refractivity contribution in [1.82, 2.24) is 0 Å². The standard InChI is InChI=1S/C21H20O4S/c1-26(22,23)25-16-18-8-5-9-20(14-18)19-10-12-21(13-11-19)24-15-17-6-3-2-4-7-17/h2-14H,15-16H2,1H3. The highest BCUT2D eigenvalue weighted by Crippen LogP contribution is 2.24. The van der Waals surface area contributed by atoms with Crippen LogP contribution in [0.3, 0.4) is 0 Å². The molecule has 0 saturated carbocycles. The molecule has 0 heterocycles. The molecule has 0 atom stereocenters. The maximum atomic E-state index is 11.1. The fraction of sp³-hybridized carbons (Fsp3) is 0.143. The third-order valence-corrected chi connectivity index (χ3v) is 4.35. The van der Waals surface area contributed by atoms with Gasteiger partial charge in [-0.2, -0.15) is 8.42 Å². The molecule has 0 amide bonds. The fourth-order valence-electron chi connectivity index (χ4n) is 2.50. The second kappa shape index (κ2) is 8.17. The van der Waals surface area contributed by atoms with E-state index in [0.29, 0.717) is 6.61 Å². The highest BCUT2D eigenvalue weighted by Gasteiger charge is 2.05. The van der Waals surface area contributed by atoms with E-state index in [2.05, 4.69) is 0 Å². The number of hydrogen-bond donors (Lipinski definition) is 0. The summed E-state index contributed by atoms with van der Waals surface area (Å²) in [5, 5.41) is 0. The van der Waals surface area contributed by atoms with Crippen molar-refractivity contribution in [2.75, 3.05) is 6.26 Å². The molecule has 0 fully saturated rings. The molecule has 26 heavy (non-hydrogen) atoms. The lowest BCUT2D eigenvalue weighted by molar-refractivity contribution is 0.306. The third-order valence-electron chi connectivity index (χ3n) is 3.80. The first-order valence-electron chi connectivity index (χ1n) is 8.20. The SMILES string of the molecule is CS(=O)(=O)OCc1cccc(-c2ccc(OCc3ccccc3)cc2)c1. The Morgan fingerprint density at radius 2 is 1.42 bits per heavy atom. The van der Waals surface area contributed by atoms with E-state index in [-0.39, 0.29) is 6.61 Å². The van der Waals surface area contributed by atoms with E-state index in [9.17, 15) is 8.42 Å². The first-order valence-corrected chi connectivity index (χ1v) is 10.0. The first kappa shape index (κ1) is 18.2. The summed E-state index contributed by atoms with van der Waals surface area (Å²) in [5.74, 6) is 0.800. The summed E-state index contributed by atoms with van der Waals surface area (Å²) in [5.41, 5.74) is 3.94. The number of rotatable bonds is 7. The summed E-state index contributed by atoms with van der Waals surface area (Å²) in [6, 6.07) is 25.5. The first-order chi connectivity index (χ1) is 12.5. The smallest absolute Gasteiger partial charge is 0.264 e. The zero-order valence-electron chi connectivity index (χ0n) is 14.5. The third kappa shape index (κ3) is 5.44. The molecule has 0 N–H and O–H groups in total. The molecule has 0 spiro atoms. The number of ether oxygens (including phenoxy) is 1. The molecule has 3 rings (SSSR count). The Balaban J connectivity index is 1.66. The molecule has 4 nitrogen and oxygen atoms in total. The Morgan fingerprint density at radius 1 is 0.731 bits per heavy atom. The van der Waals surface area contributed by atoms with Crippen LogP contribution in [0.4, 0.5) is 0 Å². The zero-order valence-corrected chi connectivity index (χ0v) is 15.3. The zero-order chi connectivity index (χ0) is 18.4. The van der Waals surface area contributed by atoms with Crippen molar-refractivity contribution in [2.45, 2.75) is 13.2 Å². The van der Waals surface area contributed by atoms with Crippen LogP contribution in [-0.2, 0) is 27.5 Å². The predicted octanol–water partition coefficient (Wildman–Crippen LogP) is 4.41. The molecule has 5 heteroatoms. The van der Waals surface area contributed by atoms with Crippen LogP contribution < -0.4 is 4.74 Å².